The monoisotopic (exact) mass is 308 g/mol. The van der Waals surface area contributed by atoms with Gasteiger partial charge in [-0.25, -0.2) is 4.98 Å². The Labute approximate surface area is 126 Å². The number of aliphatic hydroxyl groups excluding tert-OH is 1. The molecule has 1 N–H and O–H groups in total. The van der Waals surface area contributed by atoms with Crippen molar-refractivity contribution in [3.05, 3.63) is 46.3 Å². The van der Waals surface area contributed by atoms with Gasteiger partial charge in [0.2, 0.25) is 5.89 Å². The lowest BCUT2D eigenvalue weighted by atomic mass is 10.2. The first kappa shape index (κ1) is 15.5. The molecule has 1 unspecified atom stereocenters. The van der Waals surface area contributed by atoms with E-state index < -0.39 is 4.92 Å². The molecule has 2 aromatic rings. The van der Waals surface area contributed by atoms with E-state index in [0.717, 1.165) is 11.4 Å². The fourth-order valence-electron chi connectivity index (χ4n) is 1.65. The third-order valence-corrected chi connectivity index (χ3v) is 4.15. The quantitative estimate of drug-likeness (QED) is 0.624. The molecule has 1 atom stereocenters. The van der Waals surface area contributed by atoms with Crippen LogP contribution in [-0.2, 0) is 5.75 Å². The molecule has 1 aromatic heterocycles. The predicted octanol–water partition coefficient (Wildman–Crippen LogP) is 3.11. The van der Waals surface area contributed by atoms with Gasteiger partial charge >= 0.3 is 0 Å². The smallest absolute Gasteiger partial charge is 0.269 e. The molecule has 1 aromatic carbocycles. The van der Waals surface area contributed by atoms with E-state index in [1.165, 1.54) is 12.1 Å². The molecular formula is C14H16N2O4S. The highest BCUT2D eigenvalue weighted by Gasteiger charge is 2.10. The van der Waals surface area contributed by atoms with Crippen LogP contribution in [0.15, 0.2) is 34.9 Å². The fraction of sp³-hybridized carbons (Fsp3) is 0.357. The second-order valence-electron chi connectivity index (χ2n) is 4.75. The highest BCUT2D eigenvalue weighted by atomic mass is 32.2. The predicted molar refractivity (Wildman–Crippen MR) is 81.0 cm³/mol. The van der Waals surface area contributed by atoms with Crippen molar-refractivity contribution in [1.29, 1.82) is 0 Å². The maximum atomic E-state index is 10.6. The number of nitro benzene ring substituents is 1. The van der Waals surface area contributed by atoms with Crippen LogP contribution < -0.4 is 0 Å². The van der Waals surface area contributed by atoms with E-state index in [4.69, 9.17) is 9.52 Å². The van der Waals surface area contributed by atoms with Crippen LogP contribution in [0.4, 0.5) is 5.69 Å². The molecule has 21 heavy (non-hydrogen) atoms. The third kappa shape index (κ3) is 4.30. The molecule has 2 rings (SSSR count). The number of hydrogen-bond donors (Lipinski definition) is 1. The number of thioether (sulfide) groups is 1. The van der Waals surface area contributed by atoms with Crippen molar-refractivity contribution < 1.29 is 14.4 Å². The topological polar surface area (TPSA) is 89.4 Å². The minimum atomic E-state index is -0.441. The second kappa shape index (κ2) is 7.24. The number of rotatable bonds is 7. The van der Waals surface area contributed by atoms with Crippen molar-refractivity contribution in [3.63, 3.8) is 0 Å². The highest BCUT2D eigenvalue weighted by molar-refractivity contribution is 7.98. The number of nitro groups is 1. The molecule has 0 aliphatic heterocycles. The van der Waals surface area contributed by atoms with Gasteiger partial charge in [0.1, 0.15) is 6.26 Å². The zero-order valence-corrected chi connectivity index (χ0v) is 12.4. The summed E-state index contributed by atoms with van der Waals surface area (Å²) >= 11 is 1.68. The Balaban J connectivity index is 1.97. The molecule has 0 saturated carbocycles. The summed E-state index contributed by atoms with van der Waals surface area (Å²) < 4.78 is 5.39. The molecular weight excluding hydrogens is 292 g/mol. The number of nitrogens with zero attached hydrogens (tertiary/aromatic N) is 2. The zero-order chi connectivity index (χ0) is 15.2. The molecule has 0 saturated heterocycles. The van der Waals surface area contributed by atoms with Crippen LogP contribution >= 0.6 is 11.8 Å². The lowest BCUT2D eigenvalue weighted by molar-refractivity contribution is -0.384. The van der Waals surface area contributed by atoms with Crippen LogP contribution in [0.25, 0.3) is 11.5 Å². The van der Waals surface area contributed by atoms with Gasteiger partial charge in [-0.05, 0) is 23.8 Å². The lowest BCUT2D eigenvalue weighted by Crippen LogP contribution is -2.03. The van der Waals surface area contributed by atoms with Gasteiger partial charge in [0.25, 0.3) is 5.69 Å². The largest absolute Gasteiger partial charge is 0.444 e. The molecule has 0 fully saturated rings. The molecule has 1 heterocycles. The van der Waals surface area contributed by atoms with Gasteiger partial charge in [0.15, 0.2) is 0 Å². The minimum absolute atomic E-state index is 0.0408. The summed E-state index contributed by atoms with van der Waals surface area (Å²) in [6, 6.07) is 6.09. The fourth-order valence-corrected chi connectivity index (χ4v) is 2.62. The molecule has 0 bridgehead atoms. The second-order valence-corrected chi connectivity index (χ2v) is 5.78. The van der Waals surface area contributed by atoms with Gasteiger partial charge in [0.05, 0.1) is 10.6 Å². The zero-order valence-electron chi connectivity index (χ0n) is 11.6. The van der Waals surface area contributed by atoms with E-state index in [-0.39, 0.29) is 18.2 Å². The van der Waals surface area contributed by atoms with Crippen molar-refractivity contribution in [1.82, 2.24) is 4.98 Å². The van der Waals surface area contributed by atoms with E-state index in [9.17, 15) is 10.1 Å². The Morgan fingerprint density at radius 2 is 2.14 bits per heavy atom. The Hall–Kier alpha value is -1.86. The number of hydrogen-bond acceptors (Lipinski definition) is 6. The first-order chi connectivity index (χ1) is 10.1. The number of oxazole rings is 1. The van der Waals surface area contributed by atoms with Crippen molar-refractivity contribution in [3.8, 4) is 11.5 Å². The summed E-state index contributed by atoms with van der Waals surface area (Å²) in [5.74, 6) is 2.28. The molecule has 0 spiro atoms. The van der Waals surface area contributed by atoms with Gasteiger partial charge in [0, 0.05) is 30.1 Å². The van der Waals surface area contributed by atoms with Gasteiger partial charge < -0.3 is 9.52 Å². The molecule has 0 amide bonds. The maximum Gasteiger partial charge on any atom is 0.269 e. The third-order valence-electron chi connectivity index (χ3n) is 2.84. The van der Waals surface area contributed by atoms with Crippen molar-refractivity contribution in [2.24, 2.45) is 5.92 Å². The number of aromatic nitrogens is 1. The normalized spacial score (nSPS) is 12.3. The molecule has 0 aliphatic carbocycles. The SMILES string of the molecule is CC(CO)CSCc1coc(-c2ccc([N+](=O)[O-])cc2)n1. The first-order valence-corrected chi connectivity index (χ1v) is 7.63. The molecule has 0 radical (unpaired) electrons. The summed E-state index contributed by atoms with van der Waals surface area (Å²) in [5, 5.41) is 19.5. The highest BCUT2D eigenvalue weighted by Crippen LogP contribution is 2.23. The number of aliphatic hydroxyl groups is 1. The Kier molecular flexibility index (Phi) is 5.35. The van der Waals surface area contributed by atoms with E-state index in [2.05, 4.69) is 4.98 Å². The summed E-state index contributed by atoms with van der Waals surface area (Å²) in [4.78, 5) is 14.5. The van der Waals surface area contributed by atoms with E-state index in [0.29, 0.717) is 17.2 Å². The summed E-state index contributed by atoms with van der Waals surface area (Å²) in [6.45, 7) is 2.16. The molecule has 6 nitrogen and oxygen atoms in total. The number of benzene rings is 1. The van der Waals surface area contributed by atoms with Crippen molar-refractivity contribution in [2.45, 2.75) is 12.7 Å². The van der Waals surface area contributed by atoms with Gasteiger partial charge in [-0.2, -0.15) is 11.8 Å². The minimum Gasteiger partial charge on any atom is -0.444 e. The van der Waals surface area contributed by atoms with Crippen LogP contribution in [0.3, 0.4) is 0 Å². The van der Waals surface area contributed by atoms with Crippen LogP contribution in [-0.4, -0.2) is 27.4 Å². The Morgan fingerprint density at radius 3 is 2.76 bits per heavy atom. The number of non-ortho nitro benzene ring substituents is 1. The van der Waals surface area contributed by atoms with Gasteiger partial charge in [-0.15, -0.1) is 0 Å². The molecule has 7 heteroatoms. The maximum absolute atomic E-state index is 10.6. The average Bonchev–Trinajstić information content (AvgIpc) is 2.96. The standard InChI is InChI=1S/C14H16N2O4S/c1-10(6-17)8-21-9-12-7-20-14(15-12)11-2-4-13(5-3-11)16(18)19/h2-5,7,10,17H,6,8-9H2,1H3. The van der Waals surface area contributed by atoms with Crippen LogP contribution in [0.5, 0.6) is 0 Å². The summed E-state index contributed by atoms with van der Waals surface area (Å²) in [5.41, 5.74) is 1.57. The van der Waals surface area contributed by atoms with Crippen LogP contribution in [0, 0.1) is 16.0 Å². The lowest BCUT2D eigenvalue weighted by Gasteiger charge is -2.04. The van der Waals surface area contributed by atoms with E-state index >= 15 is 0 Å². The van der Waals surface area contributed by atoms with E-state index in [1.54, 1.807) is 30.2 Å². The first-order valence-electron chi connectivity index (χ1n) is 6.48. The van der Waals surface area contributed by atoms with Crippen molar-refractivity contribution in [2.75, 3.05) is 12.4 Å². The molecule has 0 aliphatic rings. The summed E-state index contributed by atoms with van der Waals surface area (Å²) in [7, 11) is 0. The Bertz CT molecular complexity index is 597. The Morgan fingerprint density at radius 1 is 1.43 bits per heavy atom. The van der Waals surface area contributed by atoms with Gasteiger partial charge in [-0.1, -0.05) is 6.92 Å². The van der Waals surface area contributed by atoms with Gasteiger partial charge in [-0.3, -0.25) is 10.1 Å². The summed E-state index contributed by atoms with van der Waals surface area (Å²) in [6.07, 6.45) is 1.59. The van der Waals surface area contributed by atoms with Crippen molar-refractivity contribution >= 4 is 17.4 Å². The van der Waals surface area contributed by atoms with Crippen LogP contribution in [0.2, 0.25) is 0 Å². The molecule has 112 valence electrons. The van der Waals surface area contributed by atoms with E-state index in [1.807, 2.05) is 6.92 Å². The van der Waals surface area contributed by atoms with Crippen LogP contribution in [0.1, 0.15) is 12.6 Å². The average molecular weight is 308 g/mol.